The Bertz CT molecular complexity index is 372. The maximum Gasteiger partial charge on any atom is 0.186 e. The van der Waals surface area contributed by atoms with Crippen LogP contribution >= 0.6 is 0 Å². The van der Waals surface area contributed by atoms with Gasteiger partial charge in [-0.2, -0.15) is 5.26 Å². The predicted molar refractivity (Wildman–Crippen MR) is 68.6 cm³/mol. The van der Waals surface area contributed by atoms with Crippen LogP contribution in [0, 0.1) is 11.3 Å². The Kier molecular flexibility index (Phi) is 4.28. The summed E-state index contributed by atoms with van der Waals surface area (Å²) < 4.78 is 5.82. The van der Waals surface area contributed by atoms with E-state index in [1.165, 1.54) is 5.56 Å². The maximum atomic E-state index is 9.12. The van der Waals surface area contributed by atoms with Crippen LogP contribution in [0.3, 0.4) is 0 Å². The molecule has 0 amide bonds. The lowest BCUT2D eigenvalue weighted by molar-refractivity contribution is 0.255. The van der Waals surface area contributed by atoms with E-state index in [0.29, 0.717) is 0 Å². The first kappa shape index (κ1) is 13.0. The molecule has 2 nitrogen and oxygen atoms in total. The highest BCUT2D eigenvalue weighted by Crippen LogP contribution is 2.22. The van der Waals surface area contributed by atoms with Gasteiger partial charge in [-0.1, -0.05) is 31.2 Å². The number of hydrogen-bond acceptors (Lipinski definition) is 2. The third-order valence-electron chi connectivity index (χ3n) is 2.28. The molecule has 86 valence electrons. The average molecular weight is 233 g/mol. The Morgan fingerprint density at radius 3 is 2.19 bits per heavy atom. The van der Waals surface area contributed by atoms with Gasteiger partial charge in [-0.3, -0.25) is 0 Å². The van der Waals surface area contributed by atoms with Crippen molar-refractivity contribution in [3.05, 3.63) is 35.4 Å². The first-order valence-electron chi connectivity index (χ1n) is 5.62. The third kappa shape index (κ3) is 3.80. The standard InChI is InChI=1S/C13H19NOSi/c1-5-11-6-8-12(9-7-11)13(10-14)15-16(2,3)4/h6-9,13H,5H2,1-4H3/t13-/m0/s1. The summed E-state index contributed by atoms with van der Waals surface area (Å²) in [6.45, 7) is 8.41. The van der Waals surface area contributed by atoms with Gasteiger partial charge in [0.1, 0.15) is 0 Å². The van der Waals surface area contributed by atoms with Crippen LogP contribution in [0.25, 0.3) is 0 Å². The molecule has 0 radical (unpaired) electrons. The molecule has 1 aromatic rings. The minimum Gasteiger partial charge on any atom is -0.399 e. The summed E-state index contributed by atoms with van der Waals surface area (Å²) in [6, 6.07) is 10.3. The van der Waals surface area contributed by atoms with E-state index in [2.05, 4.69) is 44.8 Å². The SMILES string of the molecule is CCc1ccc([C@H](C#N)O[Si](C)(C)C)cc1. The second-order valence-electron chi connectivity index (χ2n) is 4.83. The Labute approximate surface area is 99.0 Å². The van der Waals surface area contributed by atoms with Crippen LogP contribution < -0.4 is 0 Å². The maximum absolute atomic E-state index is 9.12. The summed E-state index contributed by atoms with van der Waals surface area (Å²) >= 11 is 0. The number of hydrogen-bond donors (Lipinski definition) is 0. The Balaban J connectivity index is 2.84. The van der Waals surface area contributed by atoms with Crippen molar-refractivity contribution in [1.29, 1.82) is 5.26 Å². The number of nitriles is 1. The van der Waals surface area contributed by atoms with Crippen molar-refractivity contribution in [2.75, 3.05) is 0 Å². The second-order valence-corrected chi connectivity index (χ2v) is 9.29. The highest BCUT2D eigenvalue weighted by molar-refractivity contribution is 6.69. The van der Waals surface area contributed by atoms with Gasteiger partial charge in [0.25, 0.3) is 0 Å². The van der Waals surface area contributed by atoms with Crippen molar-refractivity contribution >= 4 is 8.32 Å². The summed E-state index contributed by atoms with van der Waals surface area (Å²) in [4.78, 5) is 0. The Hall–Kier alpha value is -1.11. The van der Waals surface area contributed by atoms with Gasteiger partial charge >= 0.3 is 0 Å². The fourth-order valence-electron chi connectivity index (χ4n) is 1.45. The highest BCUT2D eigenvalue weighted by atomic mass is 28.4. The van der Waals surface area contributed by atoms with Crippen molar-refractivity contribution < 1.29 is 4.43 Å². The topological polar surface area (TPSA) is 33.0 Å². The molecule has 0 spiro atoms. The van der Waals surface area contributed by atoms with Crippen molar-refractivity contribution in [1.82, 2.24) is 0 Å². The summed E-state index contributed by atoms with van der Waals surface area (Å²) in [5.41, 5.74) is 2.25. The van der Waals surface area contributed by atoms with Crippen molar-refractivity contribution in [2.24, 2.45) is 0 Å². The third-order valence-corrected chi connectivity index (χ3v) is 3.22. The first-order chi connectivity index (χ1) is 7.46. The van der Waals surface area contributed by atoms with Gasteiger partial charge in [-0.25, -0.2) is 0 Å². The van der Waals surface area contributed by atoms with E-state index in [9.17, 15) is 0 Å². The Morgan fingerprint density at radius 2 is 1.81 bits per heavy atom. The molecule has 16 heavy (non-hydrogen) atoms. The van der Waals surface area contributed by atoms with Gasteiger partial charge in [0.2, 0.25) is 0 Å². The fourth-order valence-corrected chi connectivity index (χ4v) is 2.35. The molecule has 0 saturated heterocycles. The van der Waals surface area contributed by atoms with Crippen LogP contribution in [0.15, 0.2) is 24.3 Å². The van der Waals surface area contributed by atoms with E-state index in [0.717, 1.165) is 12.0 Å². The van der Waals surface area contributed by atoms with Crippen LogP contribution in [0.2, 0.25) is 19.6 Å². The van der Waals surface area contributed by atoms with Crippen LogP contribution in [0.5, 0.6) is 0 Å². The van der Waals surface area contributed by atoms with Crippen molar-refractivity contribution in [3.63, 3.8) is 0 Å². The largest absolute Gasteiger partial charge is 0.399 e. The summed E-state index contributed by atoms with van der Waals surface area (Å²) in [5.74, 6) is 0. The summed E-state index contributed by atoms with van der Waals surface area (Å²) in [5, 5.41) is 9.12. The van der Waals surface area contributed by atoms with Crippen LogP contribution in [0.1, 0.15) is 24.2 Å². The molecule has 0 aliphatic heterocycles. The van der Waals surface area contributed by atoms with Crippen molar-refractivity contribution in [2.45, 2.75) is 39.1 Å². The van der Waals surface area contributed by atoms with E-state index in [1.54, 1.807) is 0 Å². The highest BCUT2D eigenvalue weighted by Gasteiger charge is 2.21. The monoisotopic (exact) mass is 233 g/mol. The predicted octanol–water partition coefficient (Wildman–Crippen LogP) is 3.67. The Morgan fingerprint density at radius 1 is 1.25 bits per heavy atom. The lowest BCUT2D eigenvalue weighted by atomic mass is 10.1. The molecule has 0 bridgehead atoms. The zero-order valence-electron chi connectivity index (χ0n) is 10.4. The molecule has 0 aliphatic rings. The van der Waals surface area contributed by atoms with Gasteiger partial charge < -0.3 is 4.43 Å². The van der Waals surface area contributed by atoms with Crippen LogP contribution in [-0.2, 0) is 10.8 Å². The minimum absolute atomic E-state index is 0.419. The van der Waals surface area contributed by atoms with Gasteiger partial charge in [0, 0.05) is 0 Å². The zero-order chi connectivity index (χ0) is 12.2. The average Bonchev–Trinajstić information content (AvgIpc) is 2.25. The molecule has 3 heteroatoms. The van der Waals surface area contributed by atoms with E-state index in [1.807, 2.05) is 12.1 Å². The molecule has 0 aromatic heterocycles. The van der Waals surface area contributed by atoms with E-state index in [4.69, 9.17) is 9.69 Å². The van der Waals surface area contributed by atoms with Gasteiger partial charge in [0.15, 0.2) is 14.4 Å². The number of nitrogens with zero attached hydrogens (tertiary/aromatic N) is 1. The van der Waals surface area contributed by atoms with E-state index < -0.39 is 14.4 Å². The lowest BCUT2D eigenvalue weighted by Crippen LogP contribution is -2.27. The molecule has 0 fully saturated rings. The summed E-state index contributed by atoms with van der Waals surface area (Å²) in [6.07, 6.45) is 0.601. The molecule has 0 saturated carbocycles. The van der Waals surface area contributed by atoms with Crippen molar-refractivity contribution in [3.8, 4) is 6.07 Å². The molecule has 0 heterocycles. The molecule has 0 aliphatic carbocycles. The lowest BCUT2D eigenvalue weighted by Gasteiger charge is -2.21. The van der Waals surface area contributed by atoms with Crippen LogP contribution in [0.4, 0.5) is 0 Å². The zero-order valence-corrected chi connectivity index (χ0v) is 11.4. The molecule has 1 atom stereocenters. The molecule has 1 rings (SSSR count). The normalized spacial score (nSPS) is 13.2. The van der Waals surface area contributed by atoms with Crippen LogP contribution in [-0.4, -0.2) is 8.32 Å². The molecular weight excluding hydrogens is 214 g/mol. The smallest absolute Gasteiger partial charge is 0.186 e. The first-order valence-corrected chi connectivity index (χ1v) is 9.03. The minimum atomic E-state index is -1.67. The van der Waals surface area contributed by atoms with E-state index >= 15 is 0 Å². The van der Waals surface area contributed by atoms with Gasteiger partial charge in [-0.15, -0.1) is 0 Å². The number of benzene rings is 1. The molecule has 0 N–H and O–H groups in total. The quantitative estimate of drug-likeness (QED) is 0.743. The van der Waals surface area contributed by atoms with E-state index in [-0.39, 0.29) is 0 Å². The molecule has 1 aromatic carbocycles. The summed E-state index contributed by atoms with van der Waals surface area (Å²) in [7, 11) is -1.67. The fraction of sp³-hybridized carbons (Fsp3) is 0.462. The second kappa shape index (κ2) is 5.29. The molecule has 0 unspecified atom stereocenters. The van der Waals surface area contributed by atoms with Gasteiger partial charge in [0.05, 0.1) is 6.07 Å². The number of aryl methyl sites for hydroxylation is 1. The molecular formula is C13H19NOSi. The number of rotatable bonds is 4. The van der Waals surface area contributed by atoms with Gasteiger partial charge in [-0.05, 0) is 37.2 Å².